The third kappa shape index (κ3) is 3.54. The number of thiazole rings is 1. The van der Waals surface area contributed by atoms with Gasteiger partial charge in [0.15, 0.2) is 10.8 Å². The Morgan fingerprint density at radius 1 is 1.24 bits per heavy atom. The van der Waals surface area contributed by atoms with Gasteiger partial charge in [-0.25, -0.2) is 15.0 Å². The monoisotopic (exact) mass is 379 g/mol. The highest BCUT2D eigenvalue weighted by Crippen LogP contribution is 2.37. The van der Waals surface area contributed by atoms with Gasteiger partial charge in [-0.3, -0.25) is 4.79 Å². The number of rotatable bonds is 2. The number of hydrogen-bond acceptors (Lipinski definition) is 6. The normalized spacial score (nSPS) is 19.0. The molecule has 1 N–H and O–H groups in total. The number of carbonyl (C=O) groups excluding carboxylic acids is 1. The number of amides is 1. The van der Waals surface area contributed by atoms with E-state index in [1.807, 2.05) is 11.8 Å². The van der Waals surface area contributed by atoms with Crippen molar-refractivity contribution >= 4 is 29.7 Å². The number of aromatic nitrogens is 3. The molecule has 2 saturated heterocycles. The van der Waals surface area contributed by atoms with Crippen LogP contribution in [0.2, 0.25) is 0 Å². The molecule has 0 saturated carbocycles. The molecule has 6 nitrogen and oxygen atoms in total. The molecule has 4 heterocycles. The van der Waals surface area contributed by atoms with Gasteiger partial charge in [0.2, 0.25) is 0 Å². The molecule has 2 aromatic rings. The first kappa shape index (κ1) is 18.2. The van der Waals surface area contributed by atoms with Crippen LogP contribution >= 0.6 is 23.7 Å². The van der Waals surface area contributed by atoms with Gasteiger partial charge >= 0.3 is 0 Å². The molecule has 2 fully saturated rings. The molecule has 0 aromatic carbocycles. The second-order valence-corrected chi connectivity index (χ2v) is 7.72. The molecule has 0 unspecified atom stereocenters. The minimum Gasteiger partial charge on any atom is -0.338 e. The van der Waals surface area contributed by atoms with E-state index >= 15 is 0 Å². The molecule has 134 valence electrons. The standard InChI is InChI=1S/C17H21N5OS.ClH/c1-12-13(24-15(21-12)14-19-6-2-7-20-14)16(23)22-9-4-17(5-10-22)3-8-18-11-17;/h2,6-7,18H,3-5,8-11H2,1H3;1H. The van der Waals surface area contributed by atoms with Crippen molar-refractivity contribution in [1.29, 1.82) is 0 Å². The molecule has 0 bridgehead atoms. The van der Waals surface area contributed by atoms with Crippen LogP contribution < -0.4 is 5.32 Å². The van der Waals surface area contributed by atoms with Gasteiger partial charge < -0.3 is 10.2 Å². The Morgan fingerprint density at radius 2 is 1.96 bits per heavy atom. The fourth-order valence-corrected chi connectivity index (χ4v) is 4.63. The Bertz CT molecular complexity index is 735. The zero-order chi connectivity index (χ0) is 16.6. The highest BCUT2D eigenvalue weighted by molar-refractivity contribution is 7.17. The fraction of sp³-hybridized carbons (Fsp3) is 0.529. The van der Waals surface area contributed by atoms with E-state index in [4.69, 9.17) is 0 Å². The van der Waals surface area contributed by atoms with Gasteiger partial charge in [0.05, 0.1) is 5.69 Å². The Morgan fingerprint density at radius 3 is 2.60 bits per heavy atom. The van der Waals surface area contributed by atoms with Crippen LogP contribution in [0.15, 0.2) is 18.5 Å². The van der Waals surface area contributed by atoms with Crippen LogP contribution in [0.1, 0.15) is 34.6 Å². The highest BCUT2D eigenvalue weighted by atomic mass is 35.5. The van der Waals surface area contributed by atoms with Crippen LogP contribution in [0.3, 0.4) is 0 Å². The molecular weight excluding hydrogens is 358 g/mol. The molecule has 25 heavy (non-hydrogen) atoms. The fourth-order valence-electron chi connectivity index (χ4n) is 3.65. The molecule has 0 radical (unpaired) electrons. The number of piperidine rings is 1. The van der Waals surface area contributed by atoms with Crippen LogP contribution in [-0.4, -0.2) is 51.9 Å². The zero-order valence-electron chi connectivity index (χ0n) is 14.2. The molecule has 0 atom stereocenters. The van der Waals surface area contributed by atoms with Crippen molar-refractivity contribution in [1.82, 2.24) is 25.2 Å². The van der Waals surface area contributed by atoms with Crippen molar-refractivity contribution in [3.8, 4) is 10.8 Å². The number of aryl methyl sites for hydroxylation is 1. The molecule has 2 aliphatic heterocycles. The second-order valence-electron chi connectivity index (χ2n) is 6.72. The van der Waals surface area contributed by atoms with Crippen LogP contribution in [0.5, 0.6) is 0 Å². The predicted octanol–water partition coefficient (Wildman–Crippen LogP) is 2.55. The summed E-state index contributed by atoms with van der Waals surface area (Å²) in [5.41, 5.74) is 1.19. The predicted molar refractivity (Wildman–Crippen MR) is 100 cm³/mol. The third-order valence-corrected chi connectivity index (χ3v) is 6.33. The minimum absolute atomic E-state index is 0. The first-order chi connectivity index (χ1) is 11.7. The van der Waals surface area contributed by atoms with Crippen molar-refractivity contribution in [2.24, 2.45) is 5.41 Å². The minimum atomic E-state index is 0. The maximum atomic E-state index is 12.9. The third-order valence-electron chi connectivity index (χ3n) is 5.19. The molecule has 0 aliphatic carbocycles. The van der Waals surface area contributed by atoms with Gasteiger partial charge in [0.1, 0.15) is 4.88 Å². The van der Waals surface area contributed by atoms with E-state index < -0.39 is 0 Å². The number of nitrogens with zero attached hydrogens (tertiary/aromatic N) is 4. The van der Waals surface area contributed by atoms with Gasteiger partial charge in [0, 0.05) is 32.0 Å². The van der Waals surface area contributed by atoms with Gasteiger partial charge in [-0.05, 0) is 44.2 Å². The van der Waals surface area contributed by atoms with Crippen molar-refractivity contribution in [3.63, 3.8) is 0 Å². The summed E-state index contributed by atoms with van der Waals surface area (Å²) in [6.45, 7) is 5.79. The quantitative estimate of drug-likeness (QED) is 0.868. The number of nitrogens with one attached hydrogen (secondary N) is 1. The average molecular weight is 380 g/mol. The van der Waals surface area contributed by atoms with Crippen LogP contribution in [0, 0.1) is 12.3 Å². The summed E-state index contributed by atoms with van der Waals surface area (Å²) < 4.78 is 0. The lowest BCUT2D eigenvalue weighted by atomic mass is 9.78. The number of likely N-dealkylation sites (tertiary alicyclic amines) is 1. The molecule has 4 rings (SSSR count). The molecule has 2 aromatic heterocycles. The van der Waals surface area contributed by atoms with Crippen molar-refractivity contribution in [2.45, 2.75) is 26.2 Å². The number of halogens is 1. The van der Waals surface area contributed by atoms with Gasteiger partial charge in [-0.15, -0.1) is 23.7 Å². The smallest absolute Gasteiger partial charge is 0.265 e. The second kappa shape index (κ2) is 7.35. The first-order valence-electron chi connectivity index (χ1n) is 8.42. The number of carbonyl (C=O) groups is 1. The molecule has 1 spiro atoms. The maximum Gasteiger partial charge on any atom is 0.265 e. The summed E-state index contributed by atoms with van der Waals surface area (Å²) in [5.74, 6) is 0.687. The van der Waals surface area contributed by atoms with Crippen molar-refractivity contribution < 1.29 is 4.79 Å². The Labute approximate surface area is 157 Å². The first-order valence-corrected chi connectivity index (χ1v) is 9.23. The van der Waals surface area contributed by atoms with E-state index in [9.17, 15) is 4.79 Å². The summed E-state index contributed by atoms with van der Waals surface area (Å²) in [6.07, 6.45) is 6.82. The number of hydrogen-bond donors (Lipinski definition) is 1. The van der Waals surface area contributed by atoms with Gasteiger partial charge in [-0.1, -0.05) is 0 Å². The van der Waals surface area contributed by atoms with Crippen molar-refractivity contribution in [2.75, 3.05) is 26.2 Å². The molecule has 2 aliphatic rings. The zero-order valence-corrected chi connectivity index (χ0v) is 15.8. The van der Waals surface area contributed by atoms with E-state index in [-0.39, 0.29) is 18.3 Å². The maximum absolute atomic E-state index is 12.9. The van der Waals surface area contributed by atoms with Crippen molar-refractivity contribution in [3.05, 3.63) is 29.0 Å². The van der Waals surface area contributed by atoms with Crippen LogP contribution in [0.4, 0.5) is 0 Å². The topological polar surface area (TPSA) is 71.0 Å². The summed E-state index contributed by atoms with van der Waals surface area (Å²) in [7, 11) is 0. The molecular formula is C17H22ClN5OS. The average Bonchev–Trinajstić information content (AvgIpc) is 3.23. The Kier molecular flexibility index (Phi) is 5.36. The van der Waals surface area contributed by atoms with Gasteiger partial charge in [-0.2, -0.15) is 0 Å². The summed E-state index contributed by atoms with van der Waals surface area (Å²) in [5, 5.41) is 4.18. The Hall–Kier alpha value is -1.57. The lowest BCUT2D eigenvalue weighted by Gasteiger charge is -2.38. The molecule has 1 amide bonds. The summed E-state index contributed by atoms with van der Waals surface area (Å²) in [4.78, 5) is 28.6. The summed E-state index contributed by atoms with van der Waals surface area (Å²) >= 11 is 1.40. The molecule has 8 heteroatoms. The van der Waals surface area contributed by atoms with E-state index in [2.05, 4.69) is 20.3 Å². The SMILES string of the molecule is Cc1nc(-c2ncccn2)sc1C(=O)N1CCC2(CCNC2)CC1.Cl. The van der Waals surface area contributed by atoms with E-state index in [0.717, 1.165) is 49.6 Å². The van der Waals surface area contributed by atoms with E-state index in [1.54, 1.807) is 18.5 Å². The Balaban J connectivity index is 0.00000182. The van der Waals surface area contributed by atoms with Gasteiger partial charge in [0.25, 0.3) is 5.91 Å². The van der Waals surface area contributed by atoms with Crippen LogP contribution in [-0.2, 0) is 0 Å². The highest BCUT2D eigenvalue weighted by Gasteiger charge is 2.38. The lowest BCUT2D eigenvalue weighted by molar-refractivity contribution is 0.0611. The van der Waals surface area contributed by atoms with Crippen LogP contribution in [0.25, 0.3) is 10.8 Å². The summed E-state index contributed by atoms with van der Waals surface area (Å²) in [6, 6.07) is 1.78. The largest absolute Gasteiger partial charge is 0.338 e. The van der Waals surface area contributed by atoms with E-state index in [0.29, 0.717) is 16.2 Å². The lowest BCUT2D eigenvalue weighted by Crippen LogP contribution is -2.44. The van der Waals surface area contributed by atoms with E-state index in [1.165, 1.54) is 17.8 Å².